The van der Waals surface area contributed by atoms with Gasteiger partial charge in [0, 0.05) is 36.8 Å². The van der Waals surface area contributed by atoms with Gasteiger partial charge in [0.1, 0.15) is 22.3 Å². The Morgan fingerprint density at radius 3 is 2.43 bits per heavy atom. The molecule has 0 radical (unpaired) electrons. The highest BCUT2D eigenvalue weighted by atomic mass is 32.2. The first kappa shape index (κ1) is 18.6. The van der Waals surface area contributed by atoms with Crippen LogP contribution in [-0.2, 0) is 23.0 Å². The number of hydrogen-bond acceptors (Lipinski definition) is 4. The van der Waals surface area contributed by atoms with Gasteiger partial charge in [-0.2, -0.15) is 4.31 Å². The fourth-order valence-corrected chi connectivity index (χ4v) is 4.54. The predicted octanol–water partition coefficient (Wildman–Crippen LogP) is 3.31. The second-order valence-corrected chi connectivity index (χ2v) is 8.24. The Morgan fingerprint density at radius 2 is 1.68 bits per heavy atom. The van der Waals surface area contributed by atoms with Gasteiger partial charge < -0.3 is 0 Å². The van der Waals surface area contributed by atoms with Gasteiger partial charge in [0.25, 0.3) is 0 Å². The van der Waals surface area contributed by atoms with Crippen molar-refractivity contribution >= 4 is 10.0 Å². The van der Waals surface area contributed by atoms with Gasteiger partial charge in [-0.3, -0.25) is 0 Å². The summed E-state index contributed by atoms with van der Waals surface area (Å²) in [6, 6.07) is 8.06. The molecule has 0 spiro atoms. The molecule has 3 aromatic rings. The predicted molar refractivity (Wildman–Crippen MR) is 95.1 cm³/mol. The summed E-state index contributed by atoms with van der Waals surface area (Å²) in [5.41, 5.74) is 1.89. The number of benzene rings is 2. The lowest BCUT2D eigenvalue weighted by molar-refractivity contribution is 0.383. The van der Waals surface area contributed by atoms with E-state index in [1.807, 2.05) is 0 Å². The van der Waals surface area contributed by atoms with E-state index in [2.05, 4.69) is 9.97 Å². The monoisotopic (exact) mass is 405 g/mol. The summed E-state index contributed by atoms with van der Waals surface area (Å²) < 4.78 is 67.0. The first-order valence-electron chi connectivity index (χ1n) is 8.40. The zero-order valence-corrected chi connectivity index (χ0v) is 15.3. The van der Waals surface area contributed by atoms with Crippen molar-refractivity contribution in [2.24, 2.45) is 0 Å². The minimum Gasteiger partial charge on any atom is -0.236 e. The van der Waals surface area contributed by atoms with E-state index in [0.717, 1.165) is 16.4 Å². The lowest BCUT2D eigenvalue weighted by atomic mass is 10.1. The maximum atomic E-state index is 14.0. The summed E-state index contributed by atoms with van der Waals surface area (Å²) in [7, 11) is -4.20. The summed E-state index contributed by atoms with van der Waals surface area (Å²) >= 11 is 0. The van der Waals surface area contributed by atoms with Crippen molar-refractivity contribution in [1.29, 1.82) is 0 Å². The Balaban J connectivity index is 1.63. The lowest BCUT2D eigenvalue weighted by Gasteiger charge is -2.27. The summed E-state index contributed by atoms with van der Waals surface area (Å²) in [6.07, 6.45) is 1.80. The number of sulfonamides is 1. The van der Waals surface area contributed by atoms with E-state index in [1.54, 1.807) is 12.1 Å². The van der Waals surface area contributed by atoms with Crippen LogP contribution in [0.3, 0.4) is 0 Å². The van der Waals surface area contributed by atoms with Gasteiger partial charge in [0.2, 0.25) is 10.0 Å². The third kappa shape index (κ3) is 3.38. The molecule has 144 valence electrons. The quantitative estimate of drug-likeness (QED) is 0.671. The van der Waals surface area contributed by atoms with Gasteiger partial charge in [0.05, 0.1) is 5.69 Å². The van der Waals surface area contributed by atoms with E-state index >= 15 is 0 Å². The van der Waals surface area contributed by atoms with E-state index in [-0.39, 0.29) is 18.9 Å². The number of fused-ring (bicyclic) bond motifs is 1. The Bertz CT molecular complexity index is 1150. The third-order valence-electron chi connectivity index (χ3n) is 4.51. The van der Waals surface area contributed by atoms with Crippen molar-refractivity contribution < 1.29 is 21.6 Å². The van der Waals surface area contributed by atoms with Gasteiger partial charge in [-0.25, -0.2) is 31.6 Å². The van der Waals surface area contributed by atoms with Crippen LogP contribution in [0.25, 0.3) is 11.4 Å². The molecule has 0 unspecified atom stereocenters. The minimum atomic E-state index is -4.20. The minimum absolute atomic E-state index is 0.0443. The van der Waals surface area contributed by atoms with Gasteiger partial charge in [-0.1, -0.05) is 0 Å². The van der Waals surface area contributed by atoms with Crippen molar-refractivity contribution in [3.05, 3.63) is 77.4 Å². The fraction of sp³-hybridized carbons (Fsp3) is 0.158. The highest BCUT2D eigenvalue weighted by molar-refractivity contribution is 7.89. The van der Waals surface area contributed by atoms with Gasteiger partial charge in [0.15, 0.2) is 5.82 Å². The Morgan fingerprint density at radius 1 is 0.964 bits per heavy atom. The zero-order chi connectivity index (χ0) is 19.9. The fourth-order valence-electron chi connectivity index (χ4n) is 3.05. The van der Waals surface area contributed by atoms with Crippen LogP contribution in [-0.4, -0.2) is 29.2 Å². The van der Waals surface area contributed by atoms with E-state index in [4.69, 9.17) is 0 Å². The number of hydrogen-bond donors (Lipinski definition) is 0. The maximum Gasteiger partial charge on any atom is 0.246 e. The number of nitrogens with zero attached hydrogens (tertiary/aromatic N) is 3. The molecule has 0 fully saturated rings. The average Bonchev–Trinajstić information content (AvgIpc) is 2.69. The highest BCUT2D eigenvalue weighted by Gasteiger charge is 2.31. The number of rotatable bonds is 3. The molecule has 4 rings (SSSR count). The van der Waals surface area contributed by atoms with Crippen molar-refractivity contribution in [1.82, 2.24) is 14.3 Å². The standard InChI is InChI=1S/C19H14F3N3O2S/c20-14-3-1-12(2-4-14)19-23-10-13-11-25(8-7-17(13)24-19)28(26,27)18-9-15(21)5-6-16(18)22/h1-6,9-10H,7-8,11H2. The smallest absolute Gasteiger partial charge is 0.236 e. The van der Waals surface area contributed by atoms with Crippen molar-refractivity contribution in [2.75, 3.05) is 6.54 Å². The molecular weight excluding hydrogens is 391 g/mol. The van der Waals surface area contributed by atoms with Crippen LogP contribution in [0.1, 0.15) is 11.3 Å². The normalized spacial score (nSPS) is 14.7. The molecule has 0 N–H and O–H groups in total. The molecule has 5 nitrogen and oxygen atoms in total. The van der Waals surface area contributed by atoms with Crippen LogP contribution in [0.4, 0.5) is 13.2 Å². The van der Waals surface area contributed by atoms with E-state index in [9.17, 15) is 21.6 Å². The van der Waals surface area contributed by atoms with E-state index < -0.39 is 26.6 Å². The van der Waals surface area contributed by atoms with E-state index in [0.29, 0.717) is 35.1 Å². The molecule has 0 aliphatic carbocycles. The van der Waals surface area contributed by atoms with Crippen LogP contribution in [0.5, 0.6) is 0 Å². The first-order valence-corrected chi connectivity index (χ1v) is 9.84. The zero-order valence-electron chi connectivity index (χ0n) is 14.4. The topological polar surface area (TPSA) is 63.2 Å². The van der Waals surface area contributed by atoms with Crippen LogP contribution < -0.4 is 0 Å². The molecule has 0 saturated heterocycles. The molecule has 2 aromatic carbocycles. The number of halogens is 3. The Kier molecular flexibility index (Phi) is 4.64. The van der Waals surface area contributed by atoms with Gasteiger partial charge in [-0.15, -0.1) is 0 Å². The van der Waals surface area contributed by atoms with Crippen molar-refractivity contribution in [3.8, 4) is 11.4 Å². The molecule has 0 bridgehead atoms. The average molecular weight is 405 g/mol. The summed E-state index contributed by atoms with van der Waals surface area (Å²) in [4.78, 5) is 7.97. The lowest BCUT2D eigenvalue weighted by Crippen LogP contribution is -2.37. The first-order chi connectivity index (χ1) is 13.3. The van der Waals surface area contributed by atoms with E-state index in [1.165, 1.54) is 18.3 Å². The molecular formula is C19H14F3N3O2S. The number of aromatic nitrogens is 2. The molecule has 28 heavy (non-hydrogen) atoms. The molecule has 1 aliphatic heterocycles. The summed E-state index contributed by atoms with van der Waals surface area (Å²) in [6.45, 7) is 0.0302. The molecule has 9 heteroatoms. The van der Waals surface area contributed by atoms with Gasteiger partial charge in [-0.05, 0) is 42.5 Å². The molecule has 0 amide bonds. The molecule has 2 heterocycles. The molecule has 1 aromatic heterocycles. The SMILES string of the molecule is O=S(=O)(c1cc(F)ccc1F)N1CCc2nc(-c3ccc(F)cc3)ncc2C1. The molecule has 1 aliphatic rings. The van der Waals surface area contributed by atoms with Gasteiger partial charge >= 0.3 is 0 Å². The van der Waals surface area contributed by atoms with Crippen molar-refractivity contribution in [2.45, 2.75) is 17.9 Å². The molecule has 0 atom stereocenters. The maximum absolute atomic E-state index is 14.0. The third-order valence-corrected chi connectivity index (χ3v) is 6.37. The Hall–Kier alpha value is -2.78. The van der Waals surface area contributed by atoms with Crippen LogP contribution in [0.15, 0.2) is 53.6 Å². The molecule has 0 saturated carbocycles. The van der Waals surface area contributed by atoms with Crippen LogP contribution in [0, 0.1) is 17.5 Å². The van der Waals surface area contributed by atoms with Crippen molar-refractivity contribution in [3.63, 3.8) is 0 Å². The van der Waals surface area contributed by atoms with Crippen LogP contribution >= 0.6 is 0 Å². The second-order valence-electron chi connectivity index (χ2n) is 6.34. The second kappa shape index (κ2) is 6.99. The highest BCUT2D eigenvalue weighted by Crippen LogP contribution is 2.27. The Labute approximate surface area is 159 Å². The van der Waals surface area contributed by atoms with Crippen LogP contribution in [0.2, 0.25) is 0 Å². The summed E-state index contributed by atoms with van der Waals surface area (Å²) in [5.74, 6) is -1.79. The largest absolute Gasteiger partial charge is 0.246 e. The summed E-state index contributed by atoms with van der Waals surface area (Å²) in [5, 5.41) is 0.